The first kappa shape index (κ1) is 36.5. The second kappa shape index (κ2) is 16.2. The van der Waals surface area contributed by atoms with Crippen LogP contribution < -0.4 is 9.42 Å². The van der Waals surface area contributed by atoms with Crippen molar-refractivity contribution in [1.29, 1.82) is 0 Å². The molecule has 0 spiro atoms. The third kappa shape index (κ3) is 10.6. The van der Waals surface area contributed by atoms with Crippen molar-refractivity contribution in [2.75, 3.05) is 13.2 Å². The lowest BCUT2D eigenvalue weighted by Crippen LogP contribution is -2.37. The van der Waals surface area contributed by atoms with Gasteiger partial charge in [0.1, 0.15) is 30.8 Å². The predicted molar refractivity (Wildman–Crippen MR) is 167 cm³/mol. The summed E-state index contributed by atoms with van der Waals surface area (Å²) in [6.07, 6.45) is 2.29. The van der Waals surface area contributed by atoms with Crippen molar-refractivity contribution in [3.63, 3.8) is 0 Å². The van der Waals surface area contributed by atoms with Gasteiger partial charge >= 0.3 is 5.51 Å². The van der Waals surface area contributed by atoms with Crippen molar-refractivity contribution in [2.24, 2.45) is 7.05 Å². The van der Waals surface area contributed by atoms with Crippen molar-refractivity contribution in [1.82, 2.24) is 9.90 Å². The van der Waals surface area contributed by atoms with Gasteiger partial charge in [-0.15, -0.1) is 9.36 Å². The largest absolute Gasteiger partial charge is 0.741 e. The normalized spacial score (nSPS) is 12.0. The Balaban J connectivity index is 0.000000579. The molecule has 0 aliphatic carbocycles. The second-order valence-electron chi connectivity index (χ2n) is 10.3. The molecule has 5 aromatic rings. The molecule has 0 atom stereocenters. The van der Waals surface area contributed by atoms with Gasteiger partial charge in [0.2, 0.25) is 0 Å². The van der Waals surface area contributed by atoms with Gasteiger partial charge in [-0.05, 0) is 34.5 Å². The number of rotatable bonds is 13. The molecule has 256 valence electrons. The summed E-state index contributed by atoms with van der Waals surface area (Å²) in [6, 6.07) is 30.7. The van der Waals surface area contributed by atoms with Crippen LogP contribution >= 0.6 is 0 Å². The molecule has 5 rings (SSSR count). The van der Waals surface area contributed by atoms with Gasteiger partial charge in [0.15, 0.2) is 22.0 Å². The van der Waals surface area contributed by atoms with Gasteiger partial charge in [-0.3, -0.25) is 4.18 Å². The van der Waals surface area contributed by atoms with Crippen LogP contribution in [0.3, 0.4) is 0 Å². The van der Waals surface area contributed by atoms with Crippen LogP contribution in [0.25, 0.3) is 10.8 Å². The minimum Gasteiger partial charge on any atom is -0.741 e. The Bertz CT molecular complexity index is 2020. The molecular weight excluding hydrogens is 675 g/mol. The molecule has 1 aromatic heterocycles. The van der Waals surface area contributed by atoms with Crippen molar-refractivity contribution >= 4 is 31.0 Å². The monoisotopic (exact) mass is 707 g/mol. The average Bonchev–Trinajstić information content (AvgIpc) is 3.39. The van der Waals surface area contributed by atoms with Gasteiger partial charge in [-0.25, -0.2) is 8.42 Å². The smallest absolute Gasteiger partial charge is 0.485 e. The van der Waals surface area contributed by atoms with Gasteiger partial charge in [0.05, 0.1) is 25.0 Å². The van der Waals surface area contributed by atoms with E-state index >= 15 is 0 Å². The van der Waals surface area contributed by atoms with Crippen LogP contribution in [0.1, 0.15) is 23.2 Å². The van der Waals surface area contributed by atoms with Gasteiger partial charge in [-0.2, -0.15) is 21.6 Å². The van der Waals surface area contributed by atoms with Crippen LogP contribution in [-0.4, -0.2) is 50.0 Å². The molecule has 0 saturated heterocycles. The minimum atomic E-state index is -6.09. The molecule has 0 amide bonds. The number of aromatic nitrogens is 3. The third-order valence-corrected chi connectivity index (χ3v) is 8.68. The summed E-state index contributed by atoms with van der Waals surface area (Å²) in [4.78, 5) is 0.130. The molecule has 16 heteroatoms. The summed E-state index contributed by atoms with van der Waals surface area (Å²) >= 11 is 0. The Hall–Kier alpha value is -4.35. The Morgan fingerprint density at radius 2 is 1.48 bits per heavy atom. The van der Waals surface area contributed by atoms with Crippen molar-refractivity contribution in [3.8, 4) is 5.75 Å². The Labute approximate surface area is 276 Å². The standard InChI is InChI=1S/C31H32N3O5S.CHF3O3S/c1-33-29(24-37-23-25-10-3-2-4-11-25)22-34(32-33)21-28-14-7-8-15-31(28)40(35,36)39-19-9-18-38-30-17-16-26-12-5-6-13-27(26)20-30;2-1(3,4)8(5,6)7/h2-8,10-17,20,22H,9,18-19,21,23-24H2,1H3;(H,5,6,7)/q+1;/p-1. The number of benzene rings is 4. The molecule has 0 unspecified atom stereocenters. The van der Waals surface area contributed by atoms with E-state index in [9.17, 15) is 21.6 Å². The van der Waals surface area contributed by atoms with Crippen LogP contribution in [0.4, 0.5) is 13.2 Å². The highest BCUT2D eigenvalue weighted by molar-refractivity contribution is 7.87. The van der Waals surface area contributed by atoms with Gasteiger partial charge in [0.25, 0.3) is 10.1 Å². The summed E-state index contributed by atoms with van der Waals surface area (Å²) in [5.41, 5.74) is -3.09. The van der Waals surface area contributed by atoms with Crippen LogP contribution in [0, 0.1) is 0 Å². The summed E-state index contributed by atoms with van der Waals surface area (Å²) in [5.74, 6) is 0.740. The fourth-order valence-corrected chi connectivity index (χ4v) is 5.52. The van der Waals surface area contributed by atoms with Gasteiger partial charge < -0.3 is 14.0 Å². The number of fused-ring (bicyclic) bond motifs is 1. The number of hydrogen-bond donors (Lipinski definition) is 0. The first-order valence-electron chi connectivity index (χ1n) is 14.4. The van der Waals surface area contributed by atoms with Crippen LogP contribution in [0.5, 0.6) is 5.75 Å². The molecule has 11 nitrogen and oxygen atoms in total. The summed E-state index contributed by atoms with van der Waals surface area (Å²) in [5, 5.41) is 6.72. The SMILES string of the molecule is Cn1n[n+](Cc2ccccc2S(=O)(=O)OCCCOc2ccc3ccccc3c2)cc1COCc1ccccc1.O=S(=O)([O-])C(F)(F)F. The lowest BCUT2D eigenvalue weighted by atomic mass is 10.1. The quantitative estimate of drug-likeness (QED) is 0.0552. The highest BCUT2D eigenvalue weighted by atomic mass is 32.2. The first-order chi connectivity index (χ1) is 22.7. The number of halogens is 3. The number of ether oxygens (including phenoxy) is 2. The van der Waals surface area contributed by atoms with Crippen molar-refractivity contribution in [2.45, 2.75) is 36.6 Å². The van der Waals surface area contributed by atoms with Crippen molar-refractivity contribution in [3.05, 3.63) is 120 Å². The molecule has 0 fully saturated rings. The zero-order valence-electron chi connectivity index (χ0n) is 25.6. The third-order valence-electron chi connectivity index (χ3n) is 6.70. The first-order valence-corrected chi connectivity index (χ1v) is 17.2. The van der Waals surface area contributed by atoms with Gasteiger partial charge in [0, 0.05) is 12.0 Å². The maximum atomic E-state index is 13.1. The lowest BCUT2D eigenvalue weighted by Gasteiger charge is -2.10. The molecule has 0 N–H and O–H groups in total. The van der Waals surface area contributed by atoms with E-state index in [4.69, 9.17) is 26.6 Å². The van der Waals surface area contributed by atoms with E-state index in [1.165, 1.54) is 0 Å². The van der Waals surface area contributed by atoms with E-state index in [0.29, 0.717) is 31.8 Å². The molecule has 0 saturated carbocycles. The van der Waals surface area contributed by atoms with E-state index in [1.807, 2.05) is 86.0 Å². The molecule has 0 aliphatic heterocycles. The summed E-state index contributed by atoms with van der Waals surface area (Å²) < 4.78 is 105. The highest BCUT2D eigenvalue weighted by Gasteiger charge is 2.37. The Morgan fingerprint density at radius 1 is 0.833 bits per heavy atom. The molecule has 0 bridgehead atoms. The van der Waals surface area contributed by atoms with Crippen LogP contribution in [0.2, 0.25) is 0 Å². The molecule has 0 radical (unpaired) electrons. The molecule has 1 heterocycles. The van der Waals surface area contributed by atoms with Crippen LogP contribution in [0.15, 0.2) is 108 Å². The van der Waals surface area contributed by atoms with Gasteiger partial charge in [-0.1, -0.05) is 78.9 Å². The molecular formula is C32H32F3N3O8S2. The van der Waals surface area contributed by atoms with E-state index in [2.05, 4.69) is 5.21 Å². The van der Waals surface area contributed by atoms with E-state index in [-0.39, 0.29) is 18.0 Å². The van der Waals surface area contributed by atoms with Crippen LogP contribution in [-0.2, 0) is 56.0 Å². The molecule has 0 aliphatic rings. The maximum Gasteiger partial charge on any atom is 0.485 e. The zero-order chi connectivity index (χ0) is 34.8. The minimum absolute atomic E-state index is 0.0177. The number of aryl methyl sites for hydroxylation is 1. The maximum absolute atomic E-state index is 13.1. The summed E-state index contributed by atoms with van der Waals surface area (Å²) in [7, 11) is -8.21. The number of alkyl halides is 3. The van der Waals surface area contributed by atoms with E-state index < -0.39 is 25.7 Å². The Morgan fingerprint density at radius 3 is 2.19 bits per heavy atom. The lowest BCUT2D eigenvalue weighted by molar-refractivity contribution is -0.747. The fourth-order valence-electron chi connectivity index (χ4n) is 4.36. The number of nitrogens with zero attached hydrogens (tertiary/aromatic N) is 3. The summed E-state index contributed by atoms with van der Waals surface area (Å²) in [6.45, 7) is 1.52. The second-order valence-corrected chi connectivity index (χ2v) is 13.3. The molecule has 48 heavy (non-hydrogen) atoms. The number of hydrogen-bond acceptors (Lipinski definition) is 9. The Kier molecular flexibility index (Phi) is 12.3. The van der Waals surface area contributed by atoms with Crippen molar-refractivity contribution < 1.29 is 52.9 Å². The highest BCUT2D eigenvalue weighted by Crippen LogP contribution is 2.22. The van der Waals surface area contributed by atoms with E-state index in [0.717, 1.165) is 27.8 Å². The fraction of sp³-hybridized carbons (Fsp3) is 0.250. The average molecular weight is 708 g/mol. The topological polar surface area (TPSA) is 141 Å². The predicted octanol–water partition coefficient (Wildman–Crippen LogP) is 4.85. The zero-order valence-corrected chi connectivity index (χ0v) is 27.2. The molecule has 4 aromatic carbocycles. The van der Waals surface area contributed by atoms with E-state index in [1.54, 1.807) is 33.6 Å².